The Balaban J connectivity index is 2.20. The molecule has 1 saturated carbocycles. The van der Waals surface area contributed by atoms with Gasteiger partial charge in [0.1, 0.15) is 0 Å². The first kappa shape index (κ1) is 10.2. The van der Waals surface area contributed by atoms with Gasteiger partial charge in [0, 0.05) is 7.11 Å². The van der Waals surface area contributed by atoms with E-state index in [4.69, 9.17) is 4.74 Å². The Morgan fingerprint density at radius 2 is 2.00 bits per heavy atom. The Kier molecular flexibility index (Phi) is 2.75. The van der Waals surface area contributed by atoms with E-state index in [2.05, 4.69) is 30.3 Å². The molecule has 0 radical (unpaired) electrons. The molecule has 0 unspecified atom stereocenters. The summed E-state index contributed by atoms with van der Waals surface area (Å²) in [5.74, 6) is 0. The summed E-state index contributed by atoms with van der Waals surface area (Å²) in [5.41, 5.74) is 2.13. The molecule has 0 spiro atoms. The van der Waals surface area contributed by atoms with Crippen molar-refractivity contribution in [2.24, 2.45) is 0 Å². The molecule has 0 bridgehead atoms. The Bertz CT molecular complexity index is 371. The van der Waals surface area contributed by atoms with Crippen LogP contribution in [-0.4, -0.2) is 7.11 Å². The van der Waals surface area contributed by atoms with Crippen molar-refractivity contribution in [2.75, 3.05) is 7.11 Å². The van der Waals surface area contributed by atoms with Crippen molar-refractivity contribution in [1.82, 2.24) is 0 Å². The second-order valence-electron chi connectivity index (χ2n) is 4.18. The van der Waals surface area contributed by atoms with Crippen LogP contribution in [0.4, 0.5) is 0 Å². The summed E-state index contributed by atoms with van der Waals surface area (Å²) in [7, 11) is 1.69. The molecule has 2 heteroatoms. The molecule has 1 aliphatic carbocycles. The van der Waals surface area contributed by atoms with Crippen molar-refractivity contribution in [3.05, 3.63) is 35.4 Å². The second-order valence-corrected chi connectivity index (χ2v) is 4.18. The quantitative estimate of drug-likeness (QED) is 0.753. The van der Waals surface area contributed by atoms with Gasteiger partial charge in [0.2, 0.25) is 0 Å². The Hall–Kier alpha value is -1.33. The van der Waals surface area contributed by atoms with E-state index in [9.17, 15) is 5.26 Å². The van der Waals surface area contributed by atoms with Crippen LogP contribution in [0.3, 0.4) is 0 Å². The SMILES string of the molecule is COCc1ccc(C2(C#N)CCC2)cc1. The van der Waals surface area contributed by atoms with Crippen LogP contribution in [0, 0.1) is 11.3 Å². The van der Waals surface area contributed by atoms with Crippen molar-refractivity contribution in [2.45, 2.75) is 31.3 Å². The summed E-state index contributed by atoms with van der Waals surface area (Å²) in [6, 6.07) is 10.7. The Morgan fingerprint density at radius 3 is 2.40 bits per heavy atom. The lowest BCUT2D eigenvalue weighted by Crippen LogP contribution is -2.32. The van der Waals surface area contributed by atoms with Crippen molar-refractivity contribution in [3.63, 3.8) is 0 Å². The molecule has 2 nitrogen and oxygen atoms in total. The third-order valence-corrected chi connectivity index (χ3v) is 3.24. The summed E-state index contributed by atoms with van der Waals surface area (Å²) in [4.78, 5) is 0. The molecule has 1 aliphatic rings. The summed E-state index contributed by atoms with van der Waals surface area (Å²) in [6.07, 6.45) is 3.19. The van der Waals surface area contributed by atoms with Gasteiger partial charge < -0.3 is 4.74 Å². The molecule has 0 saturated heterocycles. The highest BCUT2D eigenvalue weighted by atomic mass is 16.5. The zero-order valence-corrected chi connectivity index (χ0v) is 8.99. The molecule has 0 heterocycles. The topological polar surface area (TPSA) is 33.0 Å². The molecule has 1 fully saturated rings. The Morgan fingerprint density at radius 1 is 1.33 bits per heavy atom. The molecular formula is C13H15NO. The zero-order valence-electron chi connectivity index (χ0n) is 8.99. The largest absolute Gasteiger partial charge is 0.380 e. The lowest BCUT2D eigenvalue weighted by Gasteiger charge is -2.35. The number of ether oxygens (including phenoxy) is 1. The normalized spacial score (nSPS) is 17.9. The van der Waals surface area contributed by atoms with E-state index in [0.717, 1.165) is 24.0 Å². The second kappa shape index (κ2) is 4.04. The third-order valence-electron chi connectivity index (χ3n) is 3.24. The summed E-state index contributed by atoms with van der Waals surface area (Å²) < 4.78 is 5.06. The summed E-state index contributed by atoms with van der Waals surface area (Å²) in [6.45, 7) is 0.639. The van der Waals surface area contributed by atoms with Gasteiger partial charge >= 0.3 is 0 Å². The average molecular weight is 201 g/mol. The van der Waals surface area contributed by atoms with Gasteiger partial charge in [-0.2, -0.15) is 5.26 Å². The fourth-order valence-electron chi connectivity index (χ4n) is 2.08. The van der Waals surface area contributed by atoms with Crippen molar-refractivity contribution >= 4 is 0 Å². The first-order valence-electron chi connectivity index (χ1n) is 5.30. The van der Waals surface area contributed by atoms with Crippen LogP contribution in [-0.2, 0) is 16.8 Å². The maximum absolute atomic E-state index is 9.19. The fraction of sp³-hybridized carbons (Fsp3) is 0.462. The van der Waals surface area contributed by atoms with Crippen LogP contribution in [0.25, 0.3) is 0 Å². The van der Waals surface area contributed by atoms with E-state index >= 15 is 0 Å². The Labute approximate surface area is 90.5 Å². The lowest BCUT2D eigenvalue weighted by molar-refractivity contribution is 0.185. The van der Waals surface area contributed by atoms with E-state index in [1.807, 2.05) is 0 Å². The third kappa shape index (κ3) is 1.75. The average Bonchev–Trinajstić information content (AvgIpc) is 2.20. The van der Waals surface area contributed by atoms with E-state index in [-0.39, 0.29) is 5.41 Å². The molecule has 0 amide bonds. The minimum Gasteiger partial charge on any atom is -0.380 e. The van der Waals surface area contributed by atoms with Crippen molar-refractivity contribution < 1.29 is 4.74 Å². The minimum atomic E-state index is -0.189. The van der Waals surface area contributed by atoms with Gasteiger partial charge in [0.25, 0.3) is 0 Å². The summed E-state index contributed by atoms with van der Waals surface area (Å²) >= 11 is 0. The van der Waals surface area contributed by atoms with Crippen molar-refractivity contribution in [3.8, 4) is 6.07 Å². The first-order valence-corrected chi connectivity index (χ1v) is 5.30. The molecular weight excluding hydrogens is 186 g/mol. The monoisotopic (exact) mass is 201 g/mol. The number of hydrogen-bond acceptors (Lipinski definition) is 2. The van der Waals surface area contributed by atoms with Crippen LogP contribution in [0.1, 0.15) is 30.4 Å². The molecule has 78 valence electrons. The molecule has 2 rings (SSSR count). The highest BCUT2D eigenvalue weighted by Gasteiger charge is 2.38. The van der Waals surface area contributed by atoms with Crippen LogP contribution < -0.4 is 0 Å². The lowest BCUT2D eigenvalue weighted by atomic mass is 9.65. The van der Waals surface area contributed by atoms with Gasteiger partial charge in [-0.3, -0.25) is 0 Å². The van der Waals surface area contributed by atoms with Gasteiger partial charge in [0.05, 0.1) is 18.1 Å². The molecule has 0 aliphatic heterocycles. The van der Waals surface area contributed by atoms with Gasteiger partial charge in [-0.05, 0) is 30.4 Å². The smallest absolute Gasteiger partial charge is 0.0822 e. The van der Waals surface area contributed by atoms with Crippen molar-refractivity contribution in [1.29, 1.82) is 5.26 Å². The standard InChI is InChI=1S/C13H15NO/c1-15-9-11-3-5-12(6-4-11)13(10-14)7-2-8-13/h3-6H,2,7-9H2,1H3. The van der Waals surface area contributed by atoms with E-state index in [0.29, 0.717) is 6.61 Å². The maximum Gasteiger partial charge on any atom is 0.0822 e. The number of nitriles is 1. The zero-order chi connectivity index (χ0) is 10.7. The molecule has 0 N–H and O–H groups in total. The predicted molar refractivity (Wildman–Crippen MR) is 58.3 cm³/mol. The summed E-state index contributed by atoms with van der Waals surface area (Å²) in [5, 5.41) is 9.19. The van der Waals surface area contributed by atoms with Crippen LogP contribution >= 0.6 is 0 Å². The van der Waals surface area contributed by atoms with Gasteiger partial charge in [-0.25, -0.2) is 0 Å². The minimum absolute atomic E-state index is 0.189. The van der Waals surface area contributed by atoms with Crippen LogP contribution in [0.15, 0.2) is 24.3 Å². The highest BCUT2D eigenvalue weighted by molar-refractivity contribution is 5.36. The number of nitrogens with zero attached hydrogens (tertiary/aromatic N) is 1. The van der Waals surface area contributed by atoms with Crippen LogP contribution in [0.5, 0.6) is 0 Å². The van der Waals surface area contributed by atoms with Gasteiger partial charge in [0.15, 0.2) is 0 Å². The predicted octanol–water partition coefficient (Wildman–Crippen LogP) is 2.78. The molecule has 1 aromatic rings. The van der Waals surface area contributed by atoms with Gasteiger partial charge in [-0.15, -0.1) is 0 Å². The number of benzene rings is 1. The highest BCUT2D eigenvalue weighted by Crippen LogP contribution is 2.42. The molecule has 1 aromatic carbocycles. The molecule has 0 atom stereocenters. The fourth-order valence-corrected chi connectivity index (χ4v) is 2.08. The number of hydrogen-bond donors (Lipinski definition) is 0. The van der Waals surface area contributed by atoms with E-state index in [1.165, 1.54) is 6.42 Å². The first-order chi connectivity index (χ1) is 7.30. The van der Waals surface area contributed by atoms with E-state index < -0.39 is 0 Å². The van der Waals surface area contributed by atoms with Gasteiger partial charge in [-0.1, -0.05) is 24.3 Å². The number of methoxy groups -OCH3 is 1. The molecule has 15 heavy (non-hydrogen) atoms. The molecule has 0 aromatic heterocycles. The van der Waals surface area contributed by atoms with E-state index in [1.54, 1.807) is 7.11 Å². The van der Waals surface area contributed by atoms with Crippen LogP contribution in [0.2, 0.25) is 0 Å². The maximum atomic E-state index is 9.19. The number of rotatable bonds is 3.